The largest absolute Gasteiger partial charge is 0.423 e. The van der Waals surface area contributed by atoms with Crippen molar-refractivity contribution >= 4 is 29.0 Å². The number of hydrogen-bond donors (Lipinski definition) is 3. The molecule has 0 aromatic carbocycles. The average molecular weight is 507 g/mol. The number of nitrogens with two attached hydrogens (primary N) is 1. The standard InChI is InChI=1S/C28H34N4O5/c1-26-8-7-22(34)27(2,14-33)20(26)6-9-28(15-36-28)21(26)5-4-16-10-18(37-24(16)35)11-17-13-32(3)23-19(17)12-30-25(29)31-23/h4-5,10-13,20-22,33-34H,6-9,14-15H2,1-3H3,(H2,29,30,31)/b5-4+,18-11+/t20?,21?,22-,26+,27+,28?/m1/s1. The number of fused-ring (bicyclic) bond motifs is 2. The summed E-state index contributed by atoms with van der Waals surface area (Å²) < 4.78 is 13.5. The highest BCUT2D eigenvalue weighted by molar-refractivity contribution is 5.97. The number of cyclic esters (lactones) is 1. The number of nitrogen functional groups attached to an aromatic ring is 1. The molecule has 2 aliphatic heterocycles. The van der Waals surface area contributed by atoms with Crippen molar-refractivity contribution in [1.29, 1.82) is 0 Å². The molecule has 2 aromatic rings. The minimum absolute atomic E-state index is 0.0455. The summed E-state index contributed by atoms with van der Waals surface area (Å²) >= 11 is 0. The van der Waals surface area contributed by atoms with Crippen molar-refractivity contribution < 1.29 is 24.5 Å². The minimum atomic E-state index is -0.552. The summed E-state index contributed by atoms with van der Waals surface area (Å²) in [6, 6.07) is 0. The zero-order valence-corrected chi connectivity index (χ0v) is 21.5. The highest BCUT2D eigenvalue weighted by Crippen LogP contribution is 2.65. The molecule has 2 aliphatic carbocycles. The Bertz CT molecular complexity index is 1370. The Hall–Kier alpha value is -3.01. The molecule has 6 atom stereocenters. The van der Waals surface area contributed by atoms with Gasteiger partial charge in [-0.1, -0.05) is 26.0 Å². The van der Waals surface area contributed by atoms with Crippen LogP contribution in [0.3, 0.4) is 0 Å². The first-order valence-corrected chi connectivity index (χ1v) is 12.9. The number of aryl methyl sites for hydroxylation is 1. The zero-order valence-electron chi connectivity index (χ0n) is 21.5. The smallest absolute Gasteiger partial charge is 0.343 e. The number of carbonyl (C=O) groups excluding carboxylic acids is 1. The Labute approximate surface area is 215 Å². The summed E-state index contributed by atoms with van der Waals surface area (Å²) in [6.07, 6.45) is 13.8. The van der Waals surface area contributed by atoms with E-state index in [1.165, 1.54) is 0 Å². The van der Waals surface area contributed by atoms with Crippen LogP contribution in [0.4, 0.5) is 5.95 Å². The molecule has 2 aromatic heterocycles. The first-order valence-electron chi connectivity index (χ1n) is 12.9. The van der Waals surface area contributed by atoms with E-state index in [0.717, 1.165) is 30.2 Å². The summed E-state index contributed by atoms with van der Waals surface area (Å²) in [5.41, 5.74) is 6.81. The molecule has 0 radical (unpaired) electrons. The van der Waals surface area contributed by atoms with Crippen LogP contribution >= 0.6 is 0 Å². The molecule has 4 aliphatic rings. The molecule has 3 fully saturated rings. The maximum absolute atomic E-state index is 12.8. The van der Waals surface area contributed by atoms with Crippen LogP contribution in [0, 0.1) is 22.7 Å². The number of ether oxygens (including phenoxy) is 2. The monoisotopic (exact) mass is 506 g/mol. The number of aliphatic hydroxyl groups is 2. The first kappa shape index (κ1) is 24.3. The number of allylic oxidation sites excluding steroid dienone is 1. The van der Waals surface area contributed by atoms with Crippen LogP contribution in [-0.2, 0) is 21.3 Å². The molecular weight excluding hydrogens is 472 g/mol. The lowest BCUT2D eigenvalue weighted by molar-refractivity contribution is -0.167. The Balaban J connectivity index is 1.31. The van der Waals surface area contributed by atoms with Gasteiger partial charge in [-0.15, -0.1) is 0 Å². The fourth-order valence-corrected chi connectivity index (χ4v) is 7.40. The second kappa shape index (κ2) is 8.24. The van der Waals surface area contributed by atoms with E-state index in [1.54, 1.807) is 18.3 Å². The number of aliphatic hydroxyl groups excluding tert-OH is 2. The fraction of sp³-hybridized carbons (Fsp3) is 0.536. The van der Waals surface area contributed by atoms with Crippen molar-refractivity contribution in [2.45, 2.75) is 51.2 Å². The van der Waals surface area contributed by atoms with Crippen molar-refractivity contribution in [2.24, 2.45) is 29.7 Å². The summed E-state index contributed by atoms with van der Waals surface area (Å²) in [5, 5.41) is 21.9. The molecule has 9 nitrogen and oxygen atoms in total. The van der Waals surface area contributed by atoms with Crippen molar-refractivity contribution in [3.8, 4) is 0 Å². The molecule has 37 heavy (non-hydrogen) atoms. The van der Waals surface area contributed by atoms with Crippen LogP contribution in [0.5, 0.6) is 0 Å². The van der Waals surface area contributed by atoms with E-state index in [2.05, 4.69) is 23.0 Å². The number of aromatic nitrogens is 3. The molecule has 3 unspecified atom stereocenters. The minimum Gasteiger partial charge on any atom is -0.423 e. The summed E-state index contributed by atoms with van der Waals surface area (Å²) in [7, 11) is 1.88. The Morgan fingerprint density at radius 3 is 2.81 bits per heavy atom. The van der Waals surface area contributed by atoms with Crippen LogP contribution in [0.1, 0.15) is 45.1 Å². The number of nitrogens with zero attached hydrogens (tertiary/aromatic N) is 3. The molecule has 196 valence electrons. The van der Waals surface area contributed by atoms with Crippen molar-refractivity contribution in [3.63, 3.8) is 0 Å². The number of anilines is 1. The normalized spacial score (nSPS) is 38.4. The molecule has 0 bridgehead atoms. The highest BCUT2D eigenvalue weighted by Gasteiger charge is 2.66. The predicted molar refractivity (Wildman–Crippen MR) is 138 cm³/mol. The molecule has 2 saturated carbocycles. The van der Waals surface area contributed by atoms with Gasteiger partial charge in [0.1, 0.15) is 11.4 Å². The highest BCUT2D eigenvalue weighted by atomic mass is 16.6. The number of epoxide rings is 1. The second-order valence-corrected chi connectivity index (χ2v) is 11.7. The maximum atomic E-state index is 12.8. The molecule has 1 spiro atoms. The first-order chi connectivity index (χ1) is 17.6. The molecular formula is C28H34N4O5. The maximum Gasteiger partial charge on any atom is 0.343 e. The van der Waals surface area contributed by atoms with E-state index in [1.807, 2.05) is 30.8 Å². The lowest BCUT2D eigenvalue weighted by Crippen LogP contribution is -2.60. The van der Waals surface area contributed by atoms with E-state index in [0.29, 0.717) is 30.0 Å². The molecule has 9 heteroatoms. The van der Waals surface area contributed by atoms with Crippen LogP contribution in [0.2, 0.25) is 0 Å². The van der Waals surface area contributed by atoms with Gasteiger partial charge in [0.05, 0.1) is 30.5 Å². The van der Waals surface area contributed by atoms with E-state index in [4.69, 9.17) is 15.2 Å². The van der Waals surface area contributed by atoms with Gasteiger partial charge in [0, 0.05) is 41.7 Å². The third kappa shape index (κ3) is 3.66. The molecule has 4 heterocycles. The van der Waals surface area contributed by atoms with E-state index in [-0.39, 0.29) is 35.4 Å². The Morgan fingerprint density at radius 2 is 2.08 bits per heavy atom. The van der Waals surface area contributed by atoms with Gasteiger partial charge in [-0.05, 0) is 49.2 Å². The SMILES string of the molecule is Cn1cc(/C=C2C=C(/C=C/C3C4(CCC5[C@]3(C)CC[C@@H](O)[C@@]5(C)CO)CO4)C(=O)O\2)c2cnc(N)nc21. The van der Waals surface area contributed by atoms with Gasteiger partial charge < -0.3 is 30.0 Å². The quantitative estimate of drug-likeness (QED) is 0.425. The lowest BCUT2D eigenvalue weighted by atomic mass is 9.45. The Kier molecular flexibility index (Phi) is 5.42. The third-order valence-electron chi connectivity index (χ3n) is 9.57. The molecule has 1 saturated heterocycles. The predicted octanol–water partition coefficient (Wildman–Crippen LogP) is 2.89. The van der Waals surface area contributed by atoms with Crippen LogP contribution in [0.25, 0.3) is 17.1 Å². The zero-order chi connectivity index (χ0) is 26.2. The van der Waals surface area contributed by atoms with Gasteiger partial charge >= 0.3 is 5.97 Å². The number of rotatable bonds is 4. The molecule has 6 rings (SSSR count). The van der Waals surface area contributed by atoms with Crippen molar-refractivity contribution in [2.75, 3.05) is 18.9 Å². The van der Waals surface area contributed by atoms with E-state index < -0.39 is 17.5 Å². The summed E-state index contributed by atoms with van der Waals surface area (Å²) in [4.78, 5) is 21.1. The number of hydrogen-bond acceptors (Lipinski definition) is 8. The third-order valence-corrected chi connectivity index (χ3v) is 9.57. The second-order valence-electron chi connectivity index (χ2n) is 11.7. The van der Waals surface area contributed by atoms with Crippen molar-refractivity contribution in [3.05, 3.63) is 47.5 Å². The lowest BCUT2D eigenvalue weighted by Gasteiger charge is -2.60. The molecule has 0 amide bonds. The van der Waals surface area contributed by atoms with Gasteiger partial charge in [-0.25, -0.2) is 9.78 Å². The van der Waals surface area contributed by atoms with Crippen LogP contribution in [0.15, 0.2) is 42.0 Å². The molecule has 4 N–H and O–H groups in total. The summed E-state index contributed by atoms with van der Waals surface area (Å²) in [5.74, 6) is 0.481. The van der Waals surface area contributed by atoms with Gasteiger partial charge in [-0.3, -0.25) is 0 Å². The average Bonchev–Trinajstić information content (AvgIpc) is 3.45. The van der Waals surface area contributed by atoms with Gasteiger partial charge in [0.2, 0.25) is 5.95 Å². The van der Waals surface area contributed by atoms with Crippen LogP contribution < -0.4 is 5.73 Å². The fourth-order valence-electron chi connectivity index (χ4n) is 7.40. The van der Waals surface area contributed by atoms with Gasteiger partial charge in [-0.2, -0.15) is 4.98 Å². The van der Waals surface area contributed by atoms with Crippen molar-refractivity contribution in [1.82, 2.24) is 14.5 Å². The number of carbonyl (C=O) groups is 1. The van der Waals surface area contributed by atoms with E-state index in [9.17, 15) is 15.0 Å². The number of esters is 1. The topological polar surface area (TPSA) is 136 Å². The van der Waals surface area contributed by atoms with Gasteiger partial charge in [0.15, 0.2) is 0 Å². The Morgan fingerprint density at radius 1 is 1.30 bits per heavy atom. The van der Waals surface area contributed by atoms with Gasteiger partial charge in [0.25, 0.3) is 0 Å². The van der Waals surface area contributed by atoms with Crippen LogP contribution in [-0.4, -0.2) is 55.6 Å². The van der Waals surface area contributed by atoms with E-state index >= 15 is 0 Å². The summed E-state index contributed by atoms with van der Waals surface area (Å²) in [6.45, 7) is 4.92.